The van der Waals surface area contributed by atoms with Crippen LogP contribution in [0.15, 0.2) is 55.6 Å². The molecule has 19 heavy (non-hydrogen) atoms. The summed E-state index contributed by atoms with van der Waals surface area (Å²) in [6, 6.07) is 12.5. The Balaban J connectivity index is 2.25. The average Bonchev–Trinajstić information content (AvgIpc) is 2.46. The van der Waals surface area contributed by atoms with E-state index in [1.807, 2.05) is 42.5 Å². The molecule has 0 atom stereocenters. The molecule has 0 spiro atoms. The molecule has 0 saturated carbocycles. The summed E-state index contributed by atoms with van der Waals surface area (Å²) in [5.74, 6) is -0.221. The molecule has 0 fully saturated rings. The molecular weight excluding hydrogens is 235 g/mol. The summed E-state index contributed by atoms with van der Waals surface area (Å²) >= 11 is 0. The van der Waals surface area contributed by atoms with E-state index in [0.717, 1.165) is 22.3 Å². The lowest BCUT2D eigenvalue weighted by atomic mass is 10.0. The molecule has 2 aromatic carbocycles. The van der Waals surface area contributed by atoms with Crippen molar-refractivity contribution < 1.29 is 4.39 Å². The van der Waals surface area contributed by atoms with Gasteiger partial charge in [-0.15, -0.1) is 0 Å². The van der Waals surface area contributed by atoms with Crippen molar-refractivity contribution in [2.75, 3.05) is 0 Å². The highest BCUT2D eigenvalue weighted by atomic mass is 19.1. The Morgan fingerprint density at radius 1 is 0.737 bits per heavy atom. The van der Waals surface area contributed by atoms with Gasteiger partial charge in [-0.3, -0.25) is 0 Å². The summed E-state index contributed by atoms with van der Waals surface area (Å²) in [5, 5.41) is 0. The maximum atomic E-state index is 12.8. The molecule has 0 bridgehead atoms. The lowest BCUT2D eigenvalue weighted by molar-refractivity contribution is 0.628. The van der Waals surface area contributed by atoms with E-state index in [-0.39, 0.29) is 5.82 Å². The van der Waals surface area contributed by atoms with Crippen LogP contribution in [0.2, 0.25) is 0 Å². The summed E-state index contributed by atoms with van der Waals surface area (Å²) in [4.78, 5) is 0. The highest BCUT2D eigenvalue weighted by molar-refractivity contribution is 5.73. The van der Waals surface area contributed by atoms with E-state index in [0.29, 0.717) is 0 Å². The molecular formula is C18H15F. The molecule has 0 aromatic heterocycles. The predicted molar refractivity (Wildman–Crippen MR) is 82.0 cm³/mol. The Hall–Kier alpha value is -2.41. The van der Waals surface area contributed by atoms with Crippen LogP contribution in [0, 0.1) is 5.82 Å². The van der Waals surface area contributed by atoms with Gasteiger partial charge in [-0.05, 0) is 40.5 Å². The Morgan fingerprint density at radius 3 is 1.95 bits per heavy atom. The Labute approximate surface area is 113 Å². The second kappa shape index (κ2) is 5.96. The fourth-order valence-electron chi connectivity index (χ4n) is 1.83. The monoisotopic (exact) mass is 250 g/mol. The van der Waals surface area contributed by atoms with Crippen molar-refractivity contribution in [3.05, 3.63) is 83.7 Å². The molecule has 0 N–H and O–H groups in total. The summed E-state index contributed by atoms with van der Waals surface area (Å²) < 4.78 is 12.8. The third-order valence-electron chi connectivity index (χ3n) is 2.89. The third kappa shape index (κ3) is 3.29. The Morgan fingerprint density at radius 2 is 1.32 bits per heavy atom. The first-order chi connectivity index (χ1) is 9.22. The molecule has 94 valence electrons. The predicted octanol–water partition coefficient (Wildman–Crippen LogP) is 5.28. The molecule has 0 saturated heterocycles. The SMILES string of the molecule is C=Cc1ccc(C=Cc2ccc(F)cc2)cc1C=C. The van der Waals surface area contributed by atoms with Crippen LogP contribution in [-0.2, 0) is 0 Å². The van der Waals surface area contributed by atoms with Gasteiger partial charge in [0.15, 0.2) is 0 Å². The summed E-state index contributed by atoms with van der Waals surface area (Å²) in [5.41, 5.74) is 4.16. The van der Waals surface area contributed by atoms with Crippen molar-refractivity contribution in [2.24, 2.45) is 0 Å². The molecule has 0 aliphatic rings. The number of rotatable bonds is 4. The van der Waals surface area contributed by atoms with Crippen molar-refractivity contribution in [3.8, 4) is 0 Å². The van der Waals surface area contributed by atoms with Crippen LogP contribution in [0.4, 0.5) is 4.39 Å². The van der Waals surface area contributed by atoms with Gasteiger partial charge in [0, 0.05) is 0 Å². The standard InChI is InChI=1S/C18H15F/c1-3-16-10-7-15(13-17(16)4-2)6-5-14-8-11-18(19)12-9-14/h3-13H,1-2H2. The lowest BCUT2D eigenvalue weighted by Gasteiger charge is -2.02. The van der Waals surface area contributed by atoms with Gasteiger partial charge in [-0.25, -0.2) is 4.39 Å². The van der Waals surface area contributed by atoms with Crippen molar-refractivity contribution in [3.63, 3.8) is 0 Å². The van der Waals surface area contributed by atoms with Gasteiger partial charge in [-0.2, -0.15) is 0 Å². The molecule has 0 aliphatic heterocycles. The van der Waals surface area contributed by atoms with Crippen LogP contribution in [0.3, 0.4) is 0 Å². The minimum Gasteiger partial charge on any atom is -0.207 e. The zero-order valence-corrected chi connectivity index (χ0v) is 10.6. The maximum Gasteiger partial charge on any atom is 0.123 e. The van der Waals surface area contributed by atoms with Crippen LogP contribution >= 0.6 is 0 Å². The third-order valence-corrected chi connectivity index (χ3v) is 2.89. The molecule has 0 radical (unpaired) electrons. The van der Waals surface area contributed by atoms with Crippen LogP contribution in [0.1, 0.15) is 22.3 Å². The first-order valence-corrected chi connectivity index (χ1v) is 6.05. The molecule has 0 aliphatic carbocycles. The average molecular weight is 250 g/mol. The molecule has 0 heterocycles. The largest absolute Gasteiger partial charge is 0.207 e. The Kier molecular flexibility index (Phi) is 4.09. The molecule has 1 heteroatoms. The molecule has 0 amide bonds. The lowest BCUT2D eigenvalue weighted by Crippen LogP contribution is -1.82. The quantitative estimate of drug-likeness (QED) is 0.647. The number of hydrogen-bond acceptors (Lipinski definition) is 0. The van der Waals surface area contributed by atoms with Gasteiger partial charge in [0.2, 0.25) is 0 Å². The summed E-state index contributed by atoms with van der Waals surface area (Å²) in [7, 11) is 0. The van der Waals surface area contributed by atoms with Gasteiger partial charge in [-0.1, -0.05) is 61.7 Å². The van der Waals surface area contributed by atoms with Gasteiger partial charge in [0.1, 0.15) is 5.82 Å². The van der Waals surface area contributed by atoms with Gasteiger partial charge in [0.25, 0.3) is 0 Å². The van der Waals surface area contributed by atoms with Crippen LogP contribution in [0.25, 0.3) is 24.3 Å². The van der Waals surface area contributed by atoms with E-state index in [1.54, 1.807) is 12.1 Å². The zero-order valence-electron chi connectivity index (χ0n) is 10.6. The topological polar surface area (TPSA) is 0 Å². The first-order valence-electron chi connectivity index (χ1n) is 6.05. The Bertz CT molecular complexity index is 619. The zero-order chi connectivity index (χ0) is 13.7. The van der Waals surface area contributed by atoms with Crippen LogP contribution in [-0.4, -0.2) is 0 Å². The second-order valence-electron chi connectivity index (χ2n) is 4.18. The molecule has 0 nitrogen and oxygen atoms in total. The van der Waals surface area contributed by atoms with E-state index in [2.05, 4.69) is 13.2 Å². The smallest absolute Gasteiger partial charge is 0.123 e. The van der Waals surface area contributed by atoms with Crippen molar-refractivity contribution in [1.82, 2.24) is 0 Å². The summed E-state index contributed by atoms with van der Waals surface area (Å²) in [6.07, 6.45) is 7.57. The van der Waals surface area contributed by atoms with Gasteiger partial charge >= 0.3 is 0 Å². The van der Waals surface area contributed by atoms with E-state index in [1.165, 1.54) is 12.1 Å². The molecule has 2 aromatic rings. The minimum atomic E-state index is -0.221. The fraction of sp³-hybridized carbons (Fsp3) is 0. The number of benzene rings is 2. The van der Waals surface area contributed by atoms with E-state index in [4.69, 9.17) is 0 Å². The highest BCUT2D eigenvalue weighted by Gasteiger charge is 1.96. The normalized spacial score (nSPS) is 10.6. The van der Waals surface area contributed by atoms with Crippen molar-refractivity contribution >= 4 is 24.3 Å². The van der Waals surface area contributed by atoms with Gasteiger partial charge in [0.05, 0.1) is 0 Å². The van der Waals surface area contributed by atoms with E-state index < -0.39 is 0 Å². The van der Waals surface area contributed by atoms with Crippen molar-refractivity contribution in [2.45, 2.75) is 0 Å². The molecule has 2 rings (SSSR count). The van der Waals surface area contributed by atoms with Crippen molar-refractivity contribution in [1.29, 1.82) is 0 Å². The number of halogens is 1. The molecule has 0 unspecified atom stereocenters. The van der Waals surface area contributed by atoms with Crippen LogP contribution < -0.4 is 0 Å². The van der Waals surface area contributed by atoms with E-state index in [9.17, 15) is 4.39 Å². The number of hydrogen-bond donors (Lipinski definition) is 0. The summed E-state index contributed by atoms with van der Waals surface area (Å²) in [6.45, 7) is 7.56. The highest BCUT2D eigenvalue weighted by Crippen LogP contribution is 2.17. The maximum absolute atomic E-state index is 12.8. The fourth-order valence-corrected chi connectivity index (χ4v) is 1.83. The minimum absolute atomic E-state index is 0.221. The van der Waals surface area contributed by atoms with Gasteiger partial charge < -0.3 is 0 Å². The first kappa shape index (κ1) is 13.0. The second-order valence-corrected chi connectivity index (χ2v) is 4.18. The van der Waals surface area contributed by atoms with Crippen LogP contribution in [0.5, 0.6) is 0 Å². The van der Waals surface area contributed by atoms with E-state index >= 15 is 0 Å².